The van der Waals surface area contributed by atoms with Gasteiger partial charge in [0.25, 0.3) is 0 Å². The van der Waals surface area contributed by atoms with Crippen molar-refractivity contribution in [2.75, 3.05) is 6.61 Å². The van der Waals surface area contributed by atoms with Gasteiger partial charge in [-0.1, -0.05) is 13.8 Å². The maximum Gasteiger partial charge on any atom is 0.158 e. The summed E-state index contributed by atoms with van der Waals surface area (Å²) in [5.74, 6) is 2.40. The van der Waals surface area contributed by atoms with Gasteiger partial charge in [0, 0.05) is 6.61 Å². The molecule has 99 valence electrons. The molecule has 1 unspecified atom stereocenters. The normalized spacial score (nSPS) is 39.5. The summed E-state index contributed by atoms with van der Waals surface area (Å²) >= 11 is 0. The summed E-state index contributed by atoms with van der Waals surface area (Å²) in [4.78, 5) is 0. The van der Waals surface area contributed by atoms with Gasteiger partial charge in [0.05, 0.1) is 5.60 Å². The summed E-state index contributed by atoms with van der Waals surface area (Å²) in [6.07, 6.45) is 8.53. The summed E-state index contributed by atoms with van der Waals surface area (Å²) < 4.78 is 11.9. The summed E-state index contributed by atoms with van der Waals surface area (Å²) in [6, 6.07) is 0. The molecule has 2 aliphatic rings. The Morgan fingerprint density at radius 3 is 2.35 bits per heavy atom. The molecule has 2 nitrogen and oxygen atoms in total. The predicted molar refractivity (Wildman–Crippen MR) is 69.6 cm³/mol. The average Bonchev–Trinajstić information content (AvgIpc) is 2.30. The van der Waals surface area contributed by atoms with E-state index in [4.69, 9.17) is 9.47 Å². The van der Waals surface area contributed by atoms with Gasteiger partial charge in [-0.2, -0.15) is 0 Å². The lowest BCUT2D eigenvalue weighted by Crippen LogP contribution is -2.40. The lowest BCUT2D eigenvalue weighted by Gasteiger charge is -2.41. The standard InChI is InChI=1S/C15H27O2/c1-12(2)13-7-9-15(3,10-8-13)17-14-6-4-5-11-16-14/h13-14H,4-11H2,1-3H3. The number of hydrogen-bond donors (Lipinski definition) is 0. The third-order valence-electron chi connectivity index (χ3n) is 4.41. The summed E-state index contributed by atoms with van der Waals surface area (Å²) in [5.41, 5.74) is 0.0634. The molecule has 2 rings (SSSR count). The van der Waals surface area contributed by atoms with Crippen molar-refractivity contribution in [3.63, 3.8) is 0 Å². The Hall–Kier alpha value is -0.0800. The summed E-state index contributed by atoms with van der Waals surface area (Å²) in [6.45, 7) is 7.67. The zero-order chi connectivity index (χ0) is 12.3. The molecule has 17 heavy (non-hydrogen) atoms. The predicted octanol–water partition coefficient (Wildman–Crippen LogP) is 4.09. The Morgan fingerprint density at radius 1 is 1.12 bits per heavy atom. The summed E-state index contributed by atoms with van der Waals surface area (Å²) in [5, 5.41) is 0. The van der Waals surface area contributed by atoms with Crippen LogP contribution >= 0.6 is 0 Å². The van der Waals surface area contributed by atoms with Crippen molar-refractivity contribution < 1.29 is 9.47 Å². The zero-order valence-corrected chi connectivity index (χ0v) is 11.6. The van der Waals surface area contributed by atoms with Crippen LogP contribution < -0.4 is 0 Å². The highest BCUT2D eigenvalue weighted by molar-refractivity contribution is 4.94. The van der Waals surface area contributed by atoms with Crippen LogP contribution in [0.2, 0.25) is 0 Å². The summed E-state index contributed by atoms with van der Waals surface area (Å²) in [7, 11) is 0. The van der Waals surface area contributed by atoms with Crippen molar-refractivity contribution in [3.8, 4) is 0 Å². The number of ether oxygens (including phenoxy) is 2. The molecule has 1 atom stereocenters. The minimum absolute atomic E-state index is 0.0634. The first-order valence-corrected chi connectivity index (χ1v) is 7.18. The lowest BCUT2D eigenvalue weighted by molar-refractivity contribution is -0.229. The van der Waals surface area contributed by atoms with Crippen LogP contribution in [-0.2, 0) is 9.47 Å². The first kappa shape index (κ1) is 13.4. The highest BCUT2D eigenvalue weighted by Crippen LogP contribution is 2.39. The largest absolute Gasteiger partial charge is 0.353 e. The highest BCUT2D eigenvalue weighted by Gasteiger charge is 2.35. The molecule has 0 aromatic rings. The van der Waals surface area contributed by atoms with Crippen LogP contribution in [0.5, 0.6) is 0 Å². The molecule has 1 heterocycles. The second-order valence-corrected chi connectivity index (χ2v) is 6.22. The quantitative estimate of drug-likeness (QED) is 0.738. The Morgan fingerprint density at radius 2 is 1.82 bits per heavy atom. The van der Waals surface area contributed by atoms with E-state index in [0.29, 0.717) is 0 Å². The Balaban J connectivity index is 1.80. The molecule has 0 aromatic carbocycles. The third kappa shape index (κ3) is 3.69. The Kier molecular flexibility index (Phi) is 4.48. The highest BCUT2D eigenvalue weighted by atomic mass is 16.7. The van der Waals surface area contributed by atoms with Gasteiger partial charge in [-0.3, -0.25) is 0 Å². The van der Waals surface area contributed by atoms with Crippen molar-refractivity contribution in [1.82, 2.24) is 0 Å². The van der Waals surface area contributed by atoms with Crippen molar-refractivity contribution in [2.24, 2.45) is 5.92 Å². The SMILES string of the molecule is C[C](C)C1CCC(C)(OC2CCCCO2)CC1. The maximum atomic E-state index is 6.22. The van der Waals surface area contributed by atoms with Gasteiger partial charge in [-0.25, -0.2) is 0 Å². The van der Waals surface area contributed by atoms with E-state index in [2.05, 4.69) is 20.8 Å². The minimum Gasteiger partial charge on any atom is -0.353 e. The molecule has 1 radical (unpaired) electrons. The van der Waals surface area contributed by atoms with Gasteiger partial charge in [0.15, 0.2) is 6.29 Å². The lowest BCUT2D eigenvalue weighted by atomic mass is 9.75. The number of hydrogen-bond acceptors (Lipinski definition) is 2. The monoisotopic (exact) mass is 239 g/mol. The van der Waals surface area contributed by atoms with E-state index < -0.39 is 0 Å². The second-order valence-electron chi connectivity index (χ2n) is 6.22. The average molecular weight is 239 g/mol. The Bertz CT molecular complexity index is 223. The van der Waals surface area contributed by atoms with E-state index >= 15 is 0 Å². The van der Waals surface area contributed by atoms with E-state index in [1.54, 1.807) is 5.92 Å². The smallest absolute Gasteiger partial charge is 0.158 e. The molecule has 2 fully saturated rings. The molecule has 0 bridgehead atoms. The van der Waals surface area contributed by atoms with Crippen LogP contribution in [0.25, 0.3) is 0 Å². The molecule has 0 aromatic heterocycles. The van der Waals surface area contributed by atoms with Gasteiger partial charge in [0.1, 0.15) is 0 Å². The zero-order valence-electron chi connectivity index (χ0n) is 11.6. The van der Waals surface area contributed by atoms with E-state index in [-0.39, 0.29) is 11.9 Å². The molecule has 0 N–H and O–H groups in total. The van der Waals surface area contributed by atoms with Crippen molar-refractivity contribution in [1.29, 1.82) is 0 Å². The van der Waals surface area contributed by atoms with E-state index in [0.717, 1.165) is 18.9 Å². The van der Waals surface area contributed by atoms with Gasteiger partial charge in [0.2, 0.25) is 0 Å². The first-order chi connectivity index (χ1) is 8.09. The maximum absolute atomic E-state index is 6.22. The van der Waals surface area contributed by atoms with Crippen LogP contribution in [0.15, 0.2) is 0 Å². The minimum atomic E-state index is 0.0634. The molecule has 1 aliphatic heterocycles. The van der Waals surface area contributed by atoms with Crippen molar-refractivity contribution in [2.45, 2.75) is 77.6 Å². The van der Waals surface area contributed by atoms with Gasteiger partial charge >= 0.3 is 0 Å². The molecule has 1 saturated carbocycles. The van der Waals surface area contributed by atoms with Gasteiger partial charge in [-0.05, 0) is 63.7 Å². The third-order valence-corrected chi connectivity index (χ3v) is 4.41. The fourth-order valence-electron chi connectivity index (χ4n) is 3.05. The second kappa shape index (κ2) is 5.71. The molecular weight excluding hydrogens is 212 g/mol. The van der Waals surface area contributed by atoms with Gasteiger partial charge in [-0.15, -0.1) is 0 Å². The van der Waals surface area contributed by atoms with Crippen LogP contribution in [-0.4, -0.2) is 18.5 Å². The molecule has 1 saturated heterocycles. The molecule has 0 spiro atoms. The fourth-order valence-corrected chi connectivity index (χ4v) is 3.05. The molecule has 1 aliphatic carbocycles. The van der Waals surface area contributed by atoms with Crippen LogP contribution in [0, 0.1) is 11.8 Å². The Labute approximate surface area is 106 Å². The van der Waals surface area contributed by atoms with Crippen molar-refractivity contribution in [3.05, 3.63) is 5.92 Å². The molecule has 0 amide bonds. The van der Waals surface area contributed by atoms with E-state index in [1.807, 2.05) is 0 Å². The topological polar surface area (TPSA) is 18.5 Å². The van der Waals surface area contributed by atoms with Gasteiger partial charge < -0.3 is 9.47 Å². The van der Waals surface area contributed by atoms with Crippen LogP contribution in [0.3, 0.4) is 0 Å². The molecule has 2 heteroatoms. The van der Waals surface area contributed by atoms with E-state index in [1.165, 1.54) is 38.5 Å². The van der Waals surface area contributed by atoms with E-state index in [9.17, 15) is 0 Å². The fraction of sp³-hybridized carbons (Fsp3) is 0.933. The van der Waals surface area contributed by atoms with Crippen molar-refractivity contribution >= 4 is 0 Å². The van der Waals surface area contributed by atoms with Crippen LogP contribution in [0.4, 0.5) is 0 Å². The number of rotatable bonds is 3. The first-order valence-electron chi connectivity index (χ1n) is 7.18. The molecular formula is C15H27O2. The van der Waals surface area contributed by atoms with Crippen LogP contribution in [0.1, 0.15) is 65.7 Å².